The highest BCUT2D eigenvalue weighted by molar-refractivity contribution is 5.51. The number of methoxy groups -OCH3 is 1. The van der Waals surface area contributed by atoms with Gasteiger partial charge in [0.1, 0.15) is 0 Å². The van der Waals surface area contributed by atoms with Crippen molar-refractivity contribution in [3.63, 3.8) is 0 Å². The van der Waals surface area contributed by atoms with Crippen LogP contribution in [0.4, 0.5) is 5.82 Å². The zero-order chi connectivity index (χ0) is 13.1. The summed E-state index contributed by atoms with van der Waals surface area (Å²) in [6, 6.07) is 0.332. The van der Waals surface area contributed by atoms with Gasteiger partial charge in [0.05, 0.1) is 13.4 Å². The molecule has 0 bridgehead atoms. The molecule has 1 aromatic rings. The third-order valence-electron chi connectivity index (χ3n) is 3.75. The fraction of sp³-hybridized carbons (Fsp3) is 0.667. The zero-order valence-corrected chi connectivity index (χ0v) is 10.8. The van der Waals surface area contributed by atoms with Crippen LogP contribution in [0.5, 0.6) is 5.75 Å². The Kier molecular flexibility index (Phi) is 3.86. The van der Waals surface area contributed by atoms with Gasteiger partial charge in [0, 0.05) is 13.1 Å². The molecule has 3 N–H and O–H groups in total. The van der Waals surface area contributed by atoms with Gasteiger partial charge < -0.3 is 20.4 Å². The minimum atomic E-state index is -0.253. The maximum absolute atomic E-state index is 11.7. The summed E-state index contributed by atoms with van der Waals surface area (Å²) in [5.74, 6) is 1.31. The molecule has 6 heteroatoms. The van der Waals surface area contributed by atoms with E-state index in [1.165, 1.54) is 19.9 Å². The molecule has 1 aliphatic carbocycles. The van der Waals surface area contributed by atoms with Crippen molar-refractivity contribution in [1.29, 1.82) is 0 Å². The van der Waals surface area contributed by atoms with Crippen molar-refractivity contribution in [3.8, 4) is 5.75 Å². The van der Waals surface area contributed by atoms with Gasteiger partial charge in [0.25, 0.3) is 5.56 Å². The van der Waals surface area contributed by atoms with Crippen LogP contribution in [0.15, 0.2) is 11.1 Å². The molecule has 6 nitrogen and oxygen atoms in total. The van der Waals surface area contributed by atoms with Gasteiger partial charge in [-0.25, -0.2) is 4.98 Å². The van der Waals surface area contributed by atoms with E-state index in [1.54, 1.807) is 0 Å². The second-order valence-corrected chi connectivity index (χ2v) is 4.69. The highest BCUT2D eigenvalue weighted by Gasteiger charge is 2.31. The number of hydrogen-bond donors (Lipinski definition) is 2. The molecule has 1 heterocycles. The molecule has 0 aromatic carbocycles. The molecule has 2 unspecified atom stereocenters. The van der Waals surface area contributed by atoms with Crippen molar-refractivity contribution in [2.45, 2.75) is 25.3 Å². The summed E-state index contributed by atoms with van der Waals surface area (Å²) in [7, 11) is 3.43. The van der Waals surface area contributed by atoms with E-state index in [0.29, 0.717) is 24.3 Å². The molecule has 100 valence electrons. The average molecular weight is 252 g/mol. The van der Waals surface area contributed by atoms with Crippen LogP contribution in [0.3, 0.4) is 0 Å². The van der Waals surface area contributed by atoms with Crippen LogP contribution < -0.4 is 20.9 Å². The first-order valence-electron chi connectivity index (χ1n) is 6.23. The van der Waals surface area contributed by atoms with Gasteiger partial charge in [-0.15, -0.1) is 0 Å². The summed E-state index contributed by atoms with van der Waals surface area (Å²) < 4.78 is 5.15. The second kappa shape index (κ2) is 5.39. The summed E-state index contributed by atoms with van der Waals surface area (Å²) >= 11 is 0. The number of aromatic nitrogens is 2. The Labute approximate surface area is 106 Å². The number of nitrogens with two attached hydrogens (primary N) is 1. The van der Waals surface area contributed by atoms with Crippen LogP contribution in [0.2, 0.25) is 0 Å². The summed E-state index contributed by atoms with van der Waals surface area (Å²) in [5, 5.41) is 0. The minimum Gasteiger partial charge on any atom is -0.489 e. The van der Waals surface area contributed by atoms with Crippen LogP contribution >= 0.6 is 0 Å². The largest absolute Gasteiger partial charge is 0.489 e. The Morgan fingerprint density at radius 2 is 2.39 bits per heavy atom. The Balaban J connectivity index is 2.31. The third-order valence-corrected chi connectivity index (χ3v) is 3.75. The lowest BCUT2D eigenvalue weighted by molar-refractivity contribution is 0.400. The molecule has 0 spiro atoms. The number of anilines is 1. The predicted molar refractivity (Wildman–Crippen MR) is 70.0 cm³/mol. The monoisotopic (exact) mass is 252 g/mol. The highest BCUT2D eigenvalue weighted by atomic mass is 16.5. The minimum absolute atomic E-state index is 0.253. The van der Waals surface area contributed by atoms with Crippen LogP contribution in [0.1, 0.15) is 19.3 Å². The summed E-state index contributed by atoms with van der Waals surface area (Å²) in [4.78, 5) is 20.4. The van der Waals surface area contributed by atoms with Crippen LogP contribution in [-0.2, 0) is 0 Å². The Hall–Kier alpha value is -1.56. The van der Waals surface area contributed by atoms with Crippen molar-refractivity contribution in [2.75, 3.05) is 25.6 Å². The molecule has 0 amide bonds. The van der Waals surface area contributed by atoms with Crippen LogP contribution in [0.25, 0.3) is 0 Å². The number of hydrogen-bond acceptors (Lipinski definition) is 5. The SMILES string of the molecule is COc1c(N(C)C2CCCC2CN)nc[nH]c1=O. The first kappa shape index (κ1) is 12.9. The molecule has 1 fully saturated rings. The molecule has 1 aromatic heterocycles. The zero-order valence-electron chi connectivity index (χ0n) is 10.8. The van der Waals surface area contributed by atoms with Gasteiger partial charge in [-0.3, -0.25) is 4.79 Å². The standard InChI is InChI=1S/C12H20N4O2/c1-16(9-5-3-4-8(9)6-13)11-10(18-2)12(17)15-7-14-11/h7-9H,3-6,13H2,1-2H3,(H,14,15,17). The lowest BCUT2D eigenvalue weighted by atomic mass is 10.0. The van der Waals surface area contributed by atoms with Crippen LogP contribution in [0, 0.1) is 5.92 Å². The van der Waals surface area contributed by atoms with Gasteiger partial charge in [-0.05, 0) is 25.3 Å². The molecule has 1 aliphatic rings. The molecular weight excluding hydrogens is 232 g/mol. The number of nitrogens with one attached hydrogen (secondary N) is 1. The number of nitrogens with zero attached hydrogens (tertiary/aromatic N) is 2. The van der Waals surface area contributed by atoms with E-state index in [9.17, 15) is 4.79 Å². The number of rotatable bonds is 4. The van der Waals surface area contributed by atoms with E-state index < -0.39 is 0 Å². The maximum atomic E-state index is 11.7. The molecule has 2 rings (SSSR count). The molecular formula is C12H20N4O2. The lowest BCUT2D eigenvalue weighted by Crippen LogP contribution is -2.39. The van der Waals surface area contributed by atoms with Gasteiger partial charge >= 0.3 is 0 Å². The van der Waals surface area contributed by atoms with Crippen LogP contribution in [-0.4, -0.2) is 36.7 Å². The van der Waals surface area contributed by atoms with Gasteiger partial charge in [0.15, 0.2) is 5.82 Å². The number of aromatic amines is 1. The van der Waals surface area contributed by atoms with E-state index in [4.69, 9.17) is 10.5 Å². The van der Waals surface area contributed by atoms with Crippen molar-refractivity contribution in [2.24, 2.45) is 11.7 Å². The first-order chi connectivity index (χ1) is 8.69. The first-order valence-corrected chi connectivity index (χ1v) is 6.23. The topological polar surface area (TPSA) is 84.2 Å². The second-order valence-electron chi connectivity index (χ2n) is 4.69. The fourth-order valence-corrected chi connectivity index (χ4v) is 2.77. The molecule has 0 saturated heterocycles. The third kappa shape index (κ3) is 2.20. The molecule has 0 radical (unpaired) electrons. The van der Waals surface area contributed by atoms with Gasteiger partial charge in [-0.2, -0.15) is 0 Å². The van der Waals surface area contributed by atoms with E-state index in [-0.39, 0.29) is 11.3 Å². The van der Waals surface area contributed by atoms with E-state index in [0.717, 1.165) is 12.8 Å². The molecule has 2 atom stereocenters. The number of H-pyrrole nitrogens is 1. The Morgan fingerprint density at radius 3 is 3.06 bits per heavy atom. The van der Waals surface area contributed by atoms with E-state index >= 15 is 0 Å². The lowest BCUT2D eigenvalue weighted by Gasteiger charge is -2.30. The molecule has 18 heavy (non-hydrogen) atoms. The van der Waals surface area contributed by atoms with E-state index in [2.05, 4.69) is 9.97 Å². The van der Waals surface area contributed by atoms with E-state index in [1.807, 2.05) is 11.9 Å². The quantitative estimate of drug-likeness (QED) is 0.807. The fourth-order valence-electron chi connectivity index (χ4n) is 2.77. The molecule has 0 aliphatic heterocycles. The molecule has 1 saturated carbocycles. The van der Waals surface area contributed by atoms with Crippen molar-refractivity contribution >= 4 is 5.82 Å². The smallest absolute Gasteiger partial charge is 0.295 e. The van der Waals surface area contributed by atoms with Crippen molar-refractivity contribution in [1.82, 2.24) is 9.97 Å². The average Bonchev–Trinajstić information content (AvgIpc) is 2.85. The number of ether oxygens (including phenoxy) is 1. The Bertz CT molecular complexity index is 460. The summed E-state index contributed by atoms with van der Waals surface area (Å²) in [6.07, 6.45) is 4.79. The van der Waals surface area contributed by atoms with Gasteiger partial charge in [0.2, 0.25) is 5.75 Å². The maximum Gasteiger partial charge on any atom is 0.295 e. The van der Waals surface area contributed by atoms with Crippen molar-refractivity contribution in [3.05, 3.63) is 16.7 Å². The highest BCUT2D eigenvalue weighted by Crippen LogP contribution is 2.32. The Morgan fingerprint density at radius 1 is 1.61 bits per heavy atom. The normalized spacial score (nSPS) is 23.1. The summed E-state index contributed by atoms with van der Waals surface area (Å²) in [6.45, 7) is 0.667. The van der Waals surface area contributed by atoms with Gasteiger partial charge in [-0.1, -0.05) is 6.42 Å². The predicted octanol–water partition coefficient (Wildman–Crippen LogP) is 0.342. The van der Waals surface area contributed by atoms with Crippen molar-refractivity contribution < 1.29 is 4.74 Å². The summed E-state index contributed by atoms with van der Waals surface area (Å²) in [5.41, 5.74) is 5.54.